The van der Waals surface area contributed by atoms with E-state index in [0.717, 1.165) is 5.56 Å². The molecule has 0 aliphatic heterocycles. The Hall–Kier alpha value is -2.59. The first-order valence-corrected chi connectivity index (χ1v) is 9.49. The van der Waals surface area contributed by atoms with Crippen molar-refractivity contribution in [2.45, 2.75) is 44.3 Å². The third-order valence-electron chi connectivity index (χ3n) is 4.55. The average Bonchev–Trinajstić information content (AvgIpc) is 2.76. The van der Waals surface area contributed by atoms with Crippen LogP contribution in [0.1, 0.15) is 54.2 Å². The number of hydrogen-bond acceptors (Lipinski definition) is 4. The molecule has 0 aromatic heterocycles. The molecule has 2 aromatic carbocycles. The number of esters is 1. The highest BCUT2D eigenvalue weighted by molar-refractivity contribution is 5.69. The van der Waals surface area contributed by atoms with Gasteiger partial charge < -0.3 is 15.2 Å². The van der Waals surface area contributed by atoms with Crippen LogP contribution in [0.15, 0.2) is 48.5 Å². The fourth-order valence-electron chi connectivity index (χ4n) is 2.59. The van der Waals surface area contributed by atoms with Crippen LogP contribution in [0.4, 0.5) is 26.3 Å². The number of halogens is 6. The van der Waals surface area contributed by atoms with Gasteiger partial charge in [0.2, 0.25) is 0 Å². The van der Waals surface area contributed by atoms with Gasteiger partial charge in [0.05, 0.1) is 24.3 Å². The summed E-state index contributed by atoms with van der Waals surface area (Å²) in [6.07, 6.45) is -9.52. The van der Waals surface area contributed by atoms with E-state index < -0.39 is 29.6 Å². The zero-order valence-corrected chi connectivity index (χ0v) is 17.8. The van der Waals surface area contributed by atoms with Crippen LogP contribution in [-0.4, -0.2) is 20.2 Å². The molecule has 2 N–H and O–H groups in total. The number of carbonyl (C=O) groups excluding carboxylic acids is 1. The first-order valence-electron chi connectivity index (χ1n) is 9.49. The second-order valence-corrected chi connectivity index (χ2v) is 6.85. The number of benzene rings is 2. The Bertz CT molecular complexity index is 821. The van der Waals surface area contributed by atoms with Crippen LogP contribution >= 0.6 is 0 Å². The molecule has 2 atom stereocenters. The molecule has 32 heavy (non-hydrogen) atoms. The molecule has 178 valence electrons. The lowest BCUT2D eigenvalue weighted by Crippen LogP contribution is -2.12. The summed E-state index contributed by atoms with van der Waals surface area (Å²) in [7, 11) is 2.59. The van der Waals surface area contributed by atoms with E-state index in [1.54, 1.807) is 0 Å². The van der Waals surface area contributed by atoms with Gasteiger partial charge in [0.15, 0.2) is 0 Å². The van der Waals surface area contributed by atoms with Gasteiger partial charge in [0, 0.05) is 19.6 Å². The summed E-state index contributed by atoms with van der Waals surface area (Å²) in [5, 5.41) is 0. The quantitative estimate of drug-likeness (QED) is 0.416. The molecule has 0 saturated heterocycles. The van der Waals surface area contributed by atoms with Gasteiger partial charge in [-0.1, -0.05) is 30.3 Å². The highest BCUT2D eigenvalue weighted by atomic mass is 19.4. The highest BCUT2D eigenvalue weighted by Crippen LogP contribution is 2.37. The van der Waals surface area contributed by atoms with Crippen molar-refractivity contribution in [2.75, 3.05) is 14.2 Å². The lowest BCUT2D eigenvalue weighted by molar-refractivity contribution is -0.143. The van der Waals surface area contributed by atoms with Crippen molar-refractivity contribution in [2.24, 2.45) is 5.73 Å². The number of rotatable bonds is 6. The smallest absolute Gasteiger partial charge is 0.416 e. The van der Waals surface area contributed by atoms with Gasteiger partial charge in [-0.25, -0.2) is 0 Å². The van der Waals surface area contributed by atoms with E-state index in [0.29, 0.717) is 25.0 Å². The van der Waals surface area contributed by atoms with Gasteiger partial charge in [-0.05, 0) is 42.7 Å². The minimum atomic E-state index is -4.83. The number of alkyl halides is 6. The summed E-state index contributed by atoms with van der Waals surface area (Å²) in [4.78, 5) is 10.9. The molecular weight excluding hydrogens is 440 g/mol. The van der Waals surface area contributed by atoms with Crippen LogP contribution < -0.4 is 5.73 Å². The summed E-state index contributed by atoms with van der Waals surface area (Å²) in [5.41, 5.74) is 4.10. The van der Waals surface area contributed by atoms with Crippen molar-refractivity contribution in [1.82, 2.24) is 0 Å². The summed E-state index contributed by atoms with van der Waals surface area (Å²) in [6.45, 7) is 1.37. The molecule has 0 saturated carbocycles. The van der Waals surface area contributed by atoms with E-state index in [1.807, 2.05) is 30.3 Å². The van der Waals surface area contributed by atoms with E-state index in [9.17, 15) is 31.1 Å². The van der Waals surface area contributed by atoms with Crippen LogP contribution in [0.3, 0.4) is 0 Å². The van der Waals surface area contributed by atoms with Crippen LogP contribution in [0.5, 0.6) is 0 Å². The lowest BCUT2D eigenvalue weighted by Gasteiger charge is -2.17. The van der Waals surface area contributed by atoms with Gasteiger partial charge >= 0.3 is 18.3 Å². The molecule has 0 fully saturated rings. The minimum absolute atomic E-state index is 0.0877. The topological polar surface area (TPSA) is 61.5 Å². The summed E-state index contributed by atoms with van der Waals surface area (Å²) >= 11 is 0. The van der Waals surface area contributed by atoms with Gasteiger partial charge in [-0.15, -0.1) is 0 Å². The monoisotopic (exact) mass is 465 g/mol. The molecule has 0 spiro atoms. The predicted octanol–water partition coefficient (Wildman–Crippen LogP) is 6.07. The Morgan fingerprint density at radius 3 is 1.81 bits per heavy atom. The third kappa shape index (κ3) is 8.88. The number of methoxy groups -OCH3 is 2. The molecule has 4 nitrogen and oxygen atoms in total. The Labute approximate surface area is 182 Å². The van der Waals surface area contributed by atoms with Crippen molar-refractivity contribution in [3.8, 4) is 0 Å². The van der Waals surface area contributed by atoms with Crippen molar-refractivity contribution in [3.63, 3.8) is 0 Å². The van der Waals surface area contributed by atoms with Crippen molar-refractivity contribution in [1.29, 1.82) is 0 Å². The van der Waals surface area contributed by atoms with Crippen LogP contribution in [0.2, 0.25) is 0 Å². The normalized spacial score (nSPS) is 13.6. The molecule has 2 aromatic rings. The fourth-order valence-corrected chi connectivity index (χ4v) is 2.59. The Morgan fingerprint density at radius 2 is 1.41 bits per heavy atom. The van der Waals surface area contributed by atoms with Crippen LogP contribution in [0.25, 0.3) is 0 Å². The van der Waals surface area contributed by atoms with Gasteiger partial charge in [0.25, 0.3) is 0 Å². The maximum Gasteiger partial charge on any atom is 0.416 e. The molecule has 0 amide bonds. The van der Waals surface area contributed by atoms with Crippen molar-refractivity contribution in [3.05, 3.63) is 70.8 Å². The van der Waals surface area contributed by atoms with E-state index >= 15 is 0 Å². The predicted molar refractivity (Wildman–Crippen MR) is 106 cm³/mol. The second-order valence-electron chi connectivity index (χ2n) is 6.85. The molecule has 2 rings (SSSR count). The van der Waals surface area contributed by atoms with E-state index in [2.05, 4.69) is 4.74 Å². The third-order valence-corrected chi connectivity index (χ3v) is 4.55. The lowest BCUT2D eigenvalue weighted by atomic mass is 10.0. The van der Waals surface area contributed by atoms with Gasteiger partial charge in [-0.2, -0.15) is 26.3 Å². The van der Waals surface area contributed by atoms with Crippen LogP contribution in [0, 0.1) is 0 Å². The molecule has 0 bridgehead atoms. The largest absolute Gasteiger partial charge is 0.469 e. The number of hydrogen-bond donors (Lipinski definition) is 1. The van der Waals surface area contributed by atoms with E-state index in [-0.39, 0.29) is 23.6 Å². The fraction of sp³-hybridized carbons (Fsp3) is 0.409. The molecular formula is C22H25F6NO3. The number of carbonyl (C=O) groups is 1. The van der Waals surface area contributed by atoms with E-state index in [1.165, 1.54) is 21.1 Å². The summed E-state index contributed by atoms with van der Waals surface area (Å²) < 4.78 is 84.3. The molecule has 0 aliphatic rings. The Kier molecular flexibility index (Phi) is 10.2. The number of nitrogens with two attached hydrogens (primary N) is 1. The average molecular weight is 465 g/mol. The zero-order chi connectivity index (χ0) is 24.5. The Morgan fingerprint density at radius 1 is 0.906 bits per heavy atom. The first-order chi connectivity index (χ1) is 14.8. The van der Waals surface area contributed by atoms with Gasteiger partial charge in [0.1, 0.15) is 0 Å². The van der Waals surface area contributed by atoms with E-state index in [4.69, 9.17) is 10.5 Å². The highest BCUT2D eigenvalue weighted by Gasteiger charge is 2.37. The van der Waals surface area contributed by atoms with Crippen molar-refractivity contribution >= 4 is 5.97 Å². The standard InChI is InChI=1S/C11H10F6O.C11H15NO2/c1-6(18-2)7-3-8(10(12,13)14)5-9(4-7)11(15,16)17;1-14-11(13)8-7-10(12)9-5-3-2-4-6-9/h3-6H,1-2H3;2-6,10H,7-8,12H2,1H3. The summed E-state index contributed by atoms with van der Waals surface area (Å²) in [6, 6.07) is 11.1. The molecule has 0 heterocycles. The molecule has 0 radical (unpaired) electrons. The van der Waals surface area contributed by atoms with Gasteiger partial charge in [-0.3, -0.25) is 4.79 Å². The van der Waals surface area contributed by atoms with Crippen LogP contribution in [-0.2, 0) is 26.6 Å². The Balaban J connectivity index is 0.000000330. The minimum Gasteiger partial charge on any atom is -0.469 e. The maximum absolute atomic E-state index is 12.5. The van der Waals surface area contributed by atoms with Crippen molar-refractivity contribution < 1.29 is 40.6 Å². The SMILES string of the molecule is COC(=O)CCC(N)c1ccccc1.COC(C)c1cc(C(F)(F)F)cc(C(F)(F)F)c1. The maximum atomic E-state index is 12.5. The molecule has 10 heteroatoms. The molecule has 2 unspecified atom stereocenters. The first kappa shape index (κ1) is 27.4. The number of ether oxygens (including phenoxy) is 2. The zero-order valence-electron chi connectivity index (χ0n) is 17.8. The second kappa shape index (κ2) is 11.9. The summed E-state index contributed by atoms with van der Waals surface area (Å²) in [5.74, 6) is -0.212. The molecule has 0 aliphatic carbocycles.